The highest BCUT2D eigenvalue weighted by Crippen LogP contribution is 2.09. The van der Waals surface area contributed by atoms with Crippen LogP contribution >= 0.6 is 0 Å². The number of hydroxylamine groups is 2. The lowest BCUT2D eigenvalue weighted by molar-refractivity contribution is -0.160. The zero-order valence-corrected chi connectivity index (χ0v) is 5.78. The summed E-state index contributed by atoms with van der Waals surface area (Å²) in [7, 11) is 0. The first-order chi connectivity index (χ1) is 4.79. The van der Waals surface area contributed by atoms with E-state index in [1.807, 2.05) is 6.92 Å². The third-order valence-corrected chi connectivity index (χ3v) is 1.39. The molecule has 1 atom stereocenters. The fourth-order valence-electron chi connectivity index (χ4n) is 0.816. The molecular weight excluding hydrogens is 132 g/mol. The summed E-state index contributed by atoms with van der Waals surface area (Å²) in [5, 5.41) is 1.26. The molecule has 0 saturated carbocycles. The Hall–Kier alpha value is -1.08. The molecule has 0 aromatic heterocycles. The molecule has 0 aromatic rings. The van der Waals surface area contributed by atoms with Gasteiger partial charge in [-0.15, -0.1) is 0 Å². The molecule has 4 nitrogen and oxygen atoms in total. The number of nitrogens with zero attached hydrogens (tertiary/aromatic N) is 2. The van der Waals surface area contributed by atoms with Crippen molar-refractivity contribution in [2.45, 2.75) is 13.0 Å². The zero-order valence-electron chi connectivity index (χ0n) is 5.78. The molecule has 0 aromatic carbocycles. The van der Waals surface area contributed by atoms with Crippen LogP contribution in [0.15, 0.2) is 0 Å². The Bertz CT molecular complexity index is 185. The first-order valence-electron chi connectivity index (χ1n) is 3.14. The van der Waals surface area contributed by atoms with E-state index in [4.69, 9.17) is 11.4 Å². The number of carbonyl (C=O) groups excluding carboxylic acids is 1. The number of hydrogen-bond acceptors (Lipinski definition) is 2. The van der Waals surface area contributed by atoms with E-state index in [0.29, 0.717) is 6.54 Å². The van der Waals surface area contributed by atoms with Gasteiger partial charge in [-0.1, -0.05) is 4.85 Å². The first-order valence-corrected chi connectivity index (χ1v) is 3.14. The molecule has 54 valence electrons. The second-order valence-corrected chi connectivity index (χ2v) is 1.99. The molecule has 0 aliphatic carbocycles. The third-order valence-electron chi connectivity index (χ3n) is 1.39. The van der Waals surface area contributed by atoms with E-state index in [0.717, 1.165) is 0 Å². The molecule has 0 spiro atoms. The van der Waals surface area contributed by atoms with E-state index < -0.39 is 6.04 Å². The van der Waals surface area contributed by atoms with Crippen molar-refractivity contribution in [3.8, 4) is 6.57 Å². The lowest BCUT2D eigenvalue weighted by Crippen LogP contribution is -2.26. The minimum atomic E-state index is -0.486. The Labute approximate surface area is 59.1 Å². The van der Waals surface area contributed by atoms with Gasteiger partial charge in [0.1, 0.15) is 0 Å². The summed E-state index contributed by atoms with van der Waals surface area (Å²) in [5.41, 5.74) is 0. The summed E-state index contributed by atoms with van der Waals surface area (Å²) in [5.74, 6) is -0.148. The van der Waals surface area contributed by atoms with Gasteiger partial charge in [0, 0.05) is 6.54 Å². The van der Waals surface area contributed by atoms with Gasteiger partial charge in [0.05, 0.1) is 0 Å². The van der Waals surface area contributed by atoms with Crippen molar-refractivity contribution in [3.05, 3.63) is 4.85 Å². The molecule has 1 aliphatic rings. The van der Waals surface area contributed by atoms with Crippen molar-refractivity contribution in [3.63, 3.8) is 0 Å². The molecule has 1 amide bonds. The van der Waals surface area contributed by atoms with Gasteiger partial charge in [0.2, 0.25) is 0 Å². The molecule has 1 rings (SSSR count). The van der Waals surface area contributed by atoms with E-state index >= 15 is 0 Å². The average Bonchev–Trinajstić information content (AvgIpc) is 2.30. The Morgan fingerprint density at radius 3 is 3.00 bits per heavy atom. The molecule has 1 aliphatic heterocycles. The number of amides is 1. The van der Waals surface area contributed by atoms with Gasteiger partial charge in [-0.3, -0.25) is 9.63 Å². The van der Waals surface area contributed by atoms with Gasteiger partial charge < -0.3 is 0 Å². The van der Waals surface area contributed by atoms with E-state index in [-0.39, 0.29) is 12.5 Å². The van der Waals surface area contributed by atoms with Crippen molar-refractivity contribution in [1.29, 1.82) is 0 Å². The van der Waals surface area contributed by atoms with E-state index in [9.17, 15) is 4.79 Å². The van der Waals surface area contributed by atoms with Crippen LogP contribution in [0.5, 0.6) is 0 Å². The minimum absolute atomic E-state index is 0.148. The van der Waals surface area contributed by atoms with Crippen LogP contribution in [0.3, 0.4) is 0 Å². The van der Waals surface area contributed by atoms with Crippen LogP contribution in [0, 0.1) is 6.57 Å². The molecule has 4 heteroatoms. The van der Waals surface area contributed by atoms with Gasteiger partial charge in [0.15, 0.2) is 6.61 Å². The molecular formula is C6H9N2O2+. The van der Waals surface area contributed by atoms with Crippen molar-refractivity contribution < 1.29 is 9.63 Å². The average molecular weight is 141 g/mol. The lowest BCUT2D eigenvalue weighted by atomic mass is 10.3. The van der Waals surface area contributed by atoms with Gasteiger partial charge in [0.25, 0.3) is 6.57 Å². The van der Waals surface area contributed by atoms with Crippen LogP contribution in [0.1, 0.15) is 6.92 Å². The van der Waals surface area contributed by atoms with Crippen molar-refractivity contribution in [2.75, 3.05) is 13.2 Å². The molecule has 10 heavy (non-hydrogen) atoms. The maximum atomic E-state index is 11.0. The summed E-state index contributed by atoms with van der Waals surface area (Å²) in [6.45, 7) is 7.60. The largest absolute Gasteiger partial charge is 0.375 e. The fourth-order valence-corrected chi connectivity index (χ4v) is 0.816. The zero-order chi connectivity index (χ0) is 7.56. The highest BCUT2D eigenvalue weighted by atomic mass is 16.7. The standard InChI is InChI=1S/C6H9N2O2/c1-3-8-6(9)5(7-2)4-10-8/h2,5H,3-4H2,1H3/q+1. The van der Waals surface area contributed by atoms with Gasteiger partial charge in [-0.2, -0.15) is 0 Å². The van der Waals surface area contributed by atoms with Gasteiger partial charge >= 0.3 is 11.9 Å². The molecule has 0 N–H and O–H groups in total. The van der Waals surface area contributed by atoms with Crippen LogP contribution in [-0.4, -0.2) is 30.2 Å². The third kappa shape index (κ3) is 0.957. The smallest absolute Gasteiger partial charge is 0.263 e. The maximum Gasteiger partial charge on any atom is 0.375 e. The molecule has 1 saturated heterocycles. The van der Waals surface area contributed by atoms with Crippen LogP contribution < -0.4 is 0 Å². The second kappa shape index (κ2) is 2.67. The Morgan fingerprint density at radius 2 is 2.70 bits per heavy atom. The number of hydrogen-bond donors (Lipinski definition) is 0. The quantitative estimate of drug-likeness (QED) is 0.519. The highest BCUT2D eigenvalue weighted by molar-refractivity contribution is 5.84. The highest BCUT2D eigenvalue weighted by Gasteiger charge is 2.39. The van der Waals surface area contributed by atoms with Gasteiger partial charge in [-0.05, 0) is 6.92 Å². The predicted octanol–water partition coefficient (Wildman–Crippen LogP) is 0.111. The summed E-state index contributed by atoms with van der Waals surface area (Å²) >= 11 is 0. The van der Waals surface area contributed by atoms with Crippen molar-refractivity contribution in [2.24, 2.45) is 0 Å². The second-order valence-electron chi connectivity index (χ2n) is 1.99. The Balaban J connectivity index is 2.60. The van der Waals surface area contributed by atoms with Crippen molar-refractivity contribution in [1.82, 2.24) is 5.06 Å². The monoisotopic (exact) mass is 141 g/mol. The molecule has 0 bridgehead atoms. The number of likely N-dealkylation sites (N-methyl/N-ethyl adjacent to an activating group) is 1. The van der Waals surface area contributed by atoms with Crippen LogP contribution in [-0.2, 0) is 9.63 Å². The minimum Gasteiger partial charge on any atom is -0.263 e. The van der Waals surface area contributed by atoms with E-state index in [1.165, 1.54) is 5.06 Å². The Kier molecular flexibility index (Phi) is 1.88. The number of rotatable bonds is 1. The fraction of sp³-hybridized carbons (Fsp3) is 0.667. The van der Waals surface area contributed by atoms with Crippen LogP contribution in [0.25, 0.3) is 4.85 Å². The number of carbonyl (C=O) groups is 1. The maximum absolute atomic E-state index is 11.0. The molecule has 1 heterocycles. The summed E-state index contributed by atoms with van der Waals surface area (Å²) in [6.07, 6.45) is 0. The molecule has 0 radical (unpaired) electrons. The topological polar surface area (TPSA) is 33.9 Å². The first kappa shape index (κ1) is 7.03. The van der Waals surface area contributed by atoms with Crippen LogP contribution in [0.2, 0.25) is 0 Å². The van der Waals surface area contributed by atoms with Gasteiger partial charge in [-0.25, -0.2) is 5.06 Å². The van der Waals surface area contributed by atoms with E-state index in [1.54, 1.807) is 0 Å². The lowest BCUT2D eigenvalue weighted by Gasteiger charge is -2.06. The summed E-state index contributed by atoms with van der Waals surface area (Å²) < 4.78 is 0. The molecule has 1 fully saturated rings. The summed E-state index contributed by atoms with van der Waals surface area (Å²) in [4.78, 5) is 19.3. The van der Waals surface area contributed by atoms with Crippen molar-refractivity contribution >= 4 is 5.91 Å². The normalized spacial score (nSPS) is 25.0. The Morgan fingerprint density at radius 1 is 2.00 bits per heavy atom. The predicted molar refractivity (Wildman–Crippen MR) is 35.4 cm³/mol. The van der Waals surface area contributed by atoms with E-state index in [2.05, 4.69) is 4.85 Å². The SMILES string of the molecule is C#[N+]C1CON(CC)C1=O. The molecule has 1 unspecified atom stereocenters. The van der Waals surface area contributed by atoms with Crippen LogP contribution in [0.4, 0.5) is 0 Å². The summed E-state index contributed by atoms with van der Waals surface area (Å²) in [6, 6.07) is -0.486.